The number of hydrogen-bond acceptors (Lipinski definition) is 19. The van der Waals surface area contributed by atoms with Crippen LogP contribution in [-0.4, -0.2) is 126 Å². The molecule has 1 saturated heterocycles. The summed E-state index contributed by atoms with van der Waals surface area (Å²) < 4.78 is 60.0. The SMILES string of the molecule is CCNc1cc2oc3cc(=[NH+]CC)c(C)cc-3c(-c3ccccc3C(=O)N(C)CCCC(=O)NCCCCCCNc3nc4c(=O)[nH]c(N)nc4n3[C@@H]3O[C@H](COP(=O)(O)OP(=O)(O)OP(=O)([O-])O)[C@@H](O)[C@H]3O)c2cc1C. The lowest BCUT2D eigenvalue weighted by molar-refractivity contribution is -0.496. The van der Waals surface area contributed by atoms with Crippen molar-refractivity contribution in [1.29, 1.82) is 0 Å². The third-order valence-electron chi connectivity index (χ3n) is 12.5. The van der Waals surface area contributed by atoms with Gasteiger partial charge in [0.25, 0.3) is 19.3 Å². The number of aromatic nitrogens is 4. The number of anilines is 3. The molecule has 7 atom stereocenters. The van der Waals surface area contributed by atoms with Crippen molar-refractivity contribution < 1.29 is 80.4 Å². The first kappa shape index (κ1) is 58.8. The van der Waals surface area contributed by atoms with E-state index in [1.54, 1.807) is 11.9 Å². The zero-order chi connectivity index (χ0) is 56.0. The lowest BCUT2D eigenvalue weighted by atomic mass is 9.89. The fourth-order valence-corrected chi connectivity index (χ4v) is 12.0. The van der Waals surface area contributed by atoms with E-state index in [0.717, 1.165) is 61.9 Å². The molecule has 30 heteroatoms. The van der Waals surface area contributed by atoms with Crippen molar-refractivity contribution in [2.24, 2.45) is 0 Å². The molecular weight excluding hydrogens is 1070 g/mol. The lowest BCUT2D eigenvalue weighted by Gasteiger charge is -2.22. The van der Waals surface area contributed by atoms with E-state index in [-0.39, 0.29) is 47.8 Å². The van der Waals surface area contributed by atoms with Crippen LogP contribution in [-0.2, 0) is 36.4 Å². The number of fused-ring (bicyclic) bond motifs is 3. The summed E-state index contributed by atoms with van der Waals surface area (Å²) in [5, 5.41) is 33.0. The molecular formula is C47H63N10O17P3. The summed E-state index contributed by atoms with van der Waals surface area (Å²) in [4.78, 5) is 94.5. The van der Waals surface area contributed by atoms with Gasteiger partial charge in [0.2, 0.25) is 23.2 Å². The molecule has 4 aromatic rings. The largest absolute Gasteiger partial charge is 0.756 e. The van der Waals surface area contributed by atoms with Crippen molar-refractivity contribution in [2.45, 2.75) is 90.8 Å². The van der Waals surface area contributed by atoms with Gasteiger partial charge >= 0.3 is 15.6 Å². The fourth-order valence-electron chi connectivity index (χ4n) is 8.96. The normalized spacial score (nSPS) is 19.3. The maximum Gasteiger partial charge on any atom is 0.487 e. The fraction of sp³-hybridized carbons (Fsp3) is 0.447. The third kappa shape index (κ3) is 14.4. The number of imidazole rings is 1. The molecule has 0 radical (unpaired) electrons. The molecule has 2 amide bonds. The van der Waals surface area contributed by atoms with Gasteiger partial charge in [0.15, 0.2) is 17.4 Å². The molecule has 4 heterocycles. The molecule has 0 spiro atoms. The monoisotopic (exact) mass is 1130 g/mol. The number of H-pyrrole nitrogens is 1. The van der Waals surface area contributed by atoms with Gasteiger partial charge < -0.3 is 65.5 Å². The van der Waals surface area contributed by atoms with Crippen LogP contribution >= 0.6 is 23.5 Å². The summed E-state index contributed by atoms with van der Waals surface area (Å²) in [7, 11) is -15.7. The standard InChI is InChI=1S/C47H63N10O17P3/c1-6-49-32-23-34-30(21-26(32)3)38(31-22-27(4)33(50-7-2)24-35(31)71-34)28-15-10-11-16-29(28)44(62)56(5)20-14-17-37(58)51-18-12-8-9-13-19-52-47-53-39-42(54-46(48)55-43(39)61)57(47)45-41(60)40(59)36(72-45)25-70-76(66,67)74-77(68,69)73-75(63,64)65/h10-11,15-16,21-24,36,40-41,45,49,59-60H,6-9,12-14,17-20,25H2,1-5H3,(H,51,58)(H,52,53)(H,66,67)(H,68,69)(H2,63,64,65)(H3,48,54,55,61)/t36-,40-,41-,45-/m1/s1. The summed E-state index contributed by atoms with van der Waals surface area (Å²) in [6, 6.07) is 15.8. The van der Waals surface area contributed by atoms with Crippen LogP contribution < -0.4 is 42.5 Å². The number of nitrogens with two attached hydrogens (primary N) is 1. The molecule has 0 bridgehead atoms. The minimum atomic E-state index is -5.91. The Kier molecular flexibility index (Phi) is 19.0. The highest BCUT2D eigenvalue weighted by molar-refractivity contribution is 7.66. The van der Waals surface area contributed by atoms with Crippen LogP contribution in [0.5, 0.6) is 0 Å². The Morgan fingerprint density at radius 1 is 0.922 bits per heavy atom. The number of benzene rings is 3. The van der Waals surface area contributed by atoms with Gasteiger partial charge in [0.1, 0.15) is 36.2 Å². The van der Waals surface area contributed by atoms with E-state index in [1.807, 2.05) is 64.1 Å². The molecule has 0 saturated carbocycles. The van der Waals surface area contributed by atoms with Gasteiger partial charge in [0, 0.05) is 79.0 Å². The highest BCUT2D eigenvalue weighted by Crippen LogP contribution is 2.65. The Morgan fingerprint density at radius 3 is 2.36 bits per heavy atom. The van der Waals surface area contributed by atoms with Crippen molar-refractivity contribution >= 4 is 75.0 Å². The summed E-state index contributed by atoms with van der Waals surface area (Å²) in [6.07, 6.45) is -3.71. The van der Waals surface area contributed by atoms with E-state index < -0.39 is 60.2 Å². The molecule has 3 aliphatic rings. The zero-order valence-corrected chi connectivity index (χ0v) is 45.4. The summed E-state index contributed by atoms with van der Waals surface area (Å²) in [5.74, 6) is -0.0418. The molecule has 1 aliphatic carbocycles. The first-order valence-electron chi connectivity index (χ1n) is 24.6. The topological polar surface area (TPSA) is 403 Å². The number of aryl methyl sites for hydroxylation is 2. The van der Waals surface area contributed by atoms with E-state index in [9.17, 15) is 53.0 Å². The number of nitrogens with zero attached hydrogens (tertiary/aromatic N) is 4. The number of unbranched alkanes of at least 4 members (excludes halogenated alkanes) is 3. The van der Waals surface area contributed by atoms with Crippen molar-refractivity contribution in [1.82, 2.24) is 29.7 Å². The summed E-state index contributed by atoms with van der Waals surface area (Å²) in [6.45, 7) is 9.55. The van der Waals surface area contributed by atoms with Crippen LogP contribution in [0.15, 0.2) is 57.7 Å². The molecule has 3 unspecified atom stereocenters. The van der Waals surface area contributed by atoms with Gasteiger partial charge in [-0.25, -0.2) is 23.4 Å². The predicted molar refractivity (Wildman–Crippen MR) is 279 cm³/mol. The highest BCUT2D eigenvalue weighted by atomic mass is 31.3. The Hall–Kier alpha value is -5.89. The summed E-state index contributed by atoms with van der Waals surface area (Å²) in [5.41, 5.74) is 11.4. The van der Waals surface area contributed by atoms with Gasteiger partial charge in [-0.3, -0.25) is 33.0 Å². The first-order valence-corrected chi connectivity index (χ1v) is 29.1. The molecule has 77 heavy (non-hydrogen) atoms. The number of phosphoric acid groups is 3. The Labute approximate surface area is 440 Å². The minimum Gasteiger partial charge on any atom is -0.756 e. The molecule has 2 aromatic carbocycles. The number of aromatic amines is 1. The minimum absolute atomic E-state index is 0.0525. The van der Waals surface area contributed by atoms with Crippen molar-refractivity contribution in [2.75, 3.05) is 62.7 Å². The van der Waals surface area contributed by atoms with Gasteiger partial charge in [-0.05, 0) is 76.3 Å². The molecule has 7 rings (SSSR count). The number of aliphatic hydroxyl groups excluding tert-OH is 2. The maximum atomic E-state index is 14.3. The number of rotatable bonds is 25. The van der Waals surface area contributed by atoms with Crippen molar-refractivity contribution in [3.8, 4) is 22.5 Å². The number of hydrogen-bond donors (Lipinski definition) is 11. The Balaban J connectivity index is 0.899. The predicted octanol–water partition coefficient (Wildman–Crippen LogP) is 2.24. The average Bonchev–Trinajstić information content (AvgIpc) is 3.84. The Morgan fingerprint density at radius 2 is 1.65 bits per heavy atom. The molecule has 2 aromatic heterocycles. The third-order valence-corrected chi connectivity index (χ3v) is 16.3. The second kappa shape index (κ2) is 24.8. The van der Waals surface area contributed by atoms with Crippen LogP contribution in [0, 0.1) is 13.8 Å². The average molecular weight is 1130 g/mol. The first-order chi connectivity index (χ1) is 36.4. The number of amides is 2. The van der Waals surface area contributed by atoms with E-state index in [2.05, 4.69) is 61.2 Å². The van der Waals surface area contributed by atoms with Crippen LogP contribution in [0.3, 0.4) is 0 Å². The van der Waals surface area contributed by atoms with E-state index >= 15 is 0 Å². The smallest absolute Gasteiger partial charge is 0.487 e. The van der Waals surface area contributed by atoms with Crippen LogP contribution in [0.25, 0.3) is 44.6 Å². The maximum absolute atomic E-state index is 14.3. The lowest BCUT2D eigenvalue weighted by Crippen LogP contribution is -2.76. The van der Waals surface area contributed by atoms with E-state index in [1.165, 1.54) is 0 Å². The summed E-state index contributed by atoms with van der Waals surface area (Å²) >= 11 is 0. The van der Waals surface area contributed by atoms with Crippen molar-refractivity contribution in [3.63, 3.8) is 0 Å². The molecule has 418 valence electrons. The number of carbonyl (C=O) groups is 2. The number of nitrogen functional groups attached to an aromatic ring is 1. The molecule has 12 N–H and O–H groups in total. The number of nitrogens with one attached hydrogen (secondary N) is 5. The molecule has 27 nitrogen and oxygen atoms in total. The quantitative estimate of drug-likeness (QED) is 0.0222. The van der Waals surface area contributed by atoms with Crippen LogP contribution in [0.4, 0.5) is 17.6 Å². The Bertz CT molecular complexity index is 3380. The number of aliphatic hydroxyl groups is 2. The van der Waals surface area contributed by atoms with E-state index in [4.69, 9.17) is 19.8 Å². The number of ether oxygens (including phenoxy) is 1. The molecule has 2 aliphatic heterocycles. The molecule has 1 fully saturated rings. The van der Waals surface area contributed by atoms with E-state index in [0.29, 0.717) is 62.1 Å². The highest BCUT2D eigenvalue weighted by Gasteiger charge is 2.47. The van der Waals surface area contributed by atoms with Gasteiger partial charge in [-0.1, -0.05) is 31.0 Å². The van der Waals surface area contributed by atoms with Gasteiger partial charge in [-0.15, -0.1) is 0 Å². The number of carbonyl (C=O) groups excluding carboxylic acids is 2. The van der Waals surface area contributed by atoms with Crippen LogP contribution in [0.1, 0.15) is 80.1 Å². The second-order valence-corrected chi connectivity index (χ2v) is 22.6. The zero-order valence-electron chi connectivity index (χ0n) is 42.8. The van der Waals surface area contributed by atoms with Gasteiger partial charge in [0.05, 0.1) is 12.7 Å². The second-order valence-electron chi connectivity index (χ2n) is 18.3. The van der Waals surface area contributed by atoms with Crippen LogP contribution in [0.2, 0.25) is 0 Å². The van der Waals surface area contributed by atoms with Crippen molar-refractivity contribution in [3.05, 3.63) is 80.9 Å². The van der Waals surface area contributed by atoms with Gasteiger partial charge in [-0.2, -0.15) is 9.29 Å². The number of phosphoric ester groups is 1.